The van der Waals surface area contributed by atoms with Crippen LogP contribution in [-0.2, 0) is 27.9 Å². The number of carbonyl (C=O) groups excluding carboxylic acids is 1. The Morgan fingerprint density at radius 2 is 1.47 bits per heavy atom. The first kappa shape index (κ1) is 20.3. The molecule has 4 rings (SSSR count). The van der Waals surface area contributed by atoms with E-state index in [0.717, 1.165) is 11.1 Å². The van der Waals surface area contributed by atoms with Crippen molar-refractivity contribution in [2.45, 2.75) is 24.9 Å². The second-order valence-corrected chi connectivity index (χ2v) is 9.24. The number of aryl methyl sites for hydroxylation is 1. The lowest BCUT2D eigenvalue weighted by atomic mass is 10.1. The monoisotopic (exact) mass is 424 g/mol. The van der Waals surface area contributed by atoms with Gasteiger partial charge in [-0.25, -0.2) is 12.8 Å². The first-order valence-electron chi connectivity index (χ1n) is 9.54. The molecule has 0 saturated heterocycles. The van der Waals surface area contributed by atoms with Crippen molar-refractivity contribution in [2.24, 2.45) is 0 Å². The van der Waals surface area contributed by atoms with Gasteiger partial charge in [0.05, 0.1) is 18.8 Å². The fourth-order valence-electron chi connectivity index (χ4n) is 3.48. The van der Waals surface area contributed by atoms with Crippen LogP contribution in [0.1, 0.15) is 16.7 Å². The Hall–Kier alpha value is -3.03. The summed E-state index contributed by atoms with van der Waals surface area (Å²) in [6.07, 6.45) is 0. The molecule has 30 heavy (non-hydrogen) atoms. The quantitative estimate of drug-likeness (QED) is 0.639. The lowest BCUT2D eigenvalue weighted by Gasteiger charge is -2.22. The molecule has 0 atom stereocenters. The van der Waals surface area contributed by atoms with Gasteiger partial charge in [-0.3, -0.25) is 4.79 Å². The number of nitrogens with zero attached hydrogens (tertiary/aromatic N) is 2. The molecular weight excluding hydrogens is 403 g/mol. The predicted molar refractivity (Wildman–Crippen MR) is 113 cm³/mol. The molecule has 3 aromatic carbocycles. The number of fused-ring (bicyclic) bond motifs is 1. The number of amides is 1. The molecule has 0 radical (unpaired) electrons. The van der Waals surface area contributed by atoms with E-state index in [0.29, 0.717) is 11.3 Å². The maximum Gasteiger partial charge on any atom is 0.245 e. The number of hydrogen-bond donors (Lipinski definition) is 0. The number of rotatable bonds is 4. The molecule has 0 fully saturated rings. The Bertz CT molecular complexity index is 1180. The molecule has 0 saturated carbocycles. The summed E-state index contributed by atoms with van der Waals surface area (Å²) in [4.78, 5) is 14.7. The minimum absolute atomic E-state index is 0.0880. The second-order valence-electron chi connectivity index (χ2n) is 7.33. The van der Waals surface area contributed by atoms with Crippen molar-refractivity contribution in [3.05, 3.63) is 95.3 Å². The Morgan fingerprint density at radius 3 is 2.17 bits per heavy atom. The molecule has 0 bridgehead atoms. The van der Waals surface area contributed by atoms with Crippen LogP contribution in [0.15, 0.2) is 77.7 Å². The number of benzene rings is 3. The molecule has 1 aliphatic rings. The summed E-state index contributed by atoms with van der Waals surface area (Å²) in [7, 11) is -3.88. The lowest BCUT2D eigenvalue weighted by Crippen LogP contribution is -2.38. The average molecular weight is 424 g/mol. The van der Waals surface area contributed by atoms with Gasteiger partial charge in [-0.1, -0.05) is 54.1 Å². The summed E-state index contributed by atoms with van der Waals surface area (Å²) in [6, 6.07) is 19.9. The number of para-hydroxylation sites is 1. The molecule has 154 valence electrons. The van der Waals surface area contributed by atoms with E-state index in [1.807, 2.05) is 31.2 Å². The molecule has 0 N–H and O–H groups in total. The van der Waals surface area contributed by atoms with Gasteiger partial charge in [0.1, 0.15) is 10.7 Å². The number of anilines is 1. The van der Waals surface area contributed by atoms with Crippen molar-refractivity contribution in [1.29, 1.82) is 0 Å². The second kappa shape index (κ2) is 8.01. The van der Waals surface area contributed by atoms with Gasteiger partial charge in [0, 0.05) is 6.54 Å². The largest absolute Gasteiger partial charge is 0.305 e. The number of hydrogen-bond acceptors (Lipinski definition) is 3. The van der Waals surface area contributed by atoms with Gasteiger partial charge >= 0.3 is 0 Å². The normalized spacial score (nSPS) is 16.2. The molecule has 3 aromatic rings. The highest BCUT2D eigenvalue weighted by Crippen LogP contribution is 2.33. The molecule has 1 aliphatic heterocycles. The van der Waals surface area contributed by atoms with Crippen LogP contribution >= 0.6 is 0 Å². The highest BCUT2D eigenvalue weighted by atomic mass is 32.2. The van der Waals surface area contributed by atoms with Crippen molar-refractivity contribution >= 4 is 21.6 Å². The van der Waals surface area contributed by atoms with Gasteiger partial charge < -0.3 is 4.90 Å². The van der Waals surface area contributed by atoms with E-state index in [1.54, 1.807) is 30.3 Å². The van der Waals surface area contributed by atoms with Gasteiger partial charge in [-0.2, -0.15) is 4.31 Å². The van der Waals surface area contributed by atoms with Crippen LogP contribution in [0.5, 0.6) is 0 Å². The third-order valence-corrected chi connectivity index (χ3v) is 6.96. The minimum atomic E-state index is -3.88. The van der Waals surface area contributed by atoms with Crippen molar-refractivity contribution in [1.82, 2.24) is 4.31 Å². The molecular formula is C23H21FN2O3S. The molecule has 0 aliphatic carbocycles. The Balaban J connectivity index is 1.73. The smallest absolute Gasteiger partial charge is 0.245 e. The minimum Gasteiger partial charge on any atom is -0.305 e. The van der Waals surface area contributed by atoms with Crippen LogP contribution in [0.4, 0.5) is 10.1 Å². The average Bonchev–Trinajstić information content (AvgIpc) is 2.80. The standard InChI is InChI=1S/C23H21FN2O3S/c1-17-6-8-18(9-7-17)14-25-16-23(27)26(15-19-10-12-20(24)13-11-19)21-4-2-3-5-22(21)30(25,28)29/h2-13H,14-16H2,1H3. The van der Waals surface area contributed by atoms with Gasteiger partial charge in [0.25, 0.3) is 0 Å². The third-order valence-electron chi connectivity index (χ3n) is 5.12. The zero-order valence-electron chi connectivity index (χ0n) is 16.5. The number of carbonyl (C=O) groups is 1. The van der Waals surface area contributed by atoms with Crippen molar-refractivity contribution in [2.75, 3.05) is 11.4 Å². The number of halogens is 1. The van der Waals surface area contributed by atoms with Crippen molar-refractivity contribution in [3.8, 4) is 0 Å². The van der Waals surface area contributed by atoms with E-state index < -0.39 is 10.0 Å². The highest BCUT2D eigenvalue weighted by molar-refractivity contribution is 7.89. The molecule has 0 aromatic heterocycles. The fraction of sp³-hybridized carbons (Fsp3) is 0.174. The van der Waals surface area contributed by atoms with E-state index in [2.05, 4.69) is 0 Å². The summed E-state index contributed by atoms with van der Waals surface area (Å²) in [5.41, 5.74) is 2.92. The zero-order chi connectivity index (χ0) is 21.3. The summed E-state index contributed by atoms with van der Waals surface area (Å²) in [6.45, 7) is 1.95. The van der Waals surface area contributed by atoms with E-state index in [4.69, 9.17) is 0 Å². The first-order valence-corrected chi connectivity index (χ1v) is 11.0. The number of sulfonamides is 1. The molecule has 5 nitrogen and oxygen atoms in total. The molecule has 0 spiro atoms. The zero-order valence-corrected chi connectivity index (χ0v) is 17.3. The molecule has 1 heterocycles. The Morgan fingerprint density at radius 1 is 0.867 bits per heavy atom. The van der Waals surface area contributed by atoms with Crippen LogP contribution in [-0.4, -0.2) is 25.2 Å². The van der Waals surface area contributed by atoms with Gasteiger partial charge in [-0.05, 0) is 42.3 Å². The SMILES string of the molecule is Cc1ccc(CN2CC(=O)N(Cc3ccc(F)cc3)c3ccccc3S2(=O)=O)cc1. The lowest BCUT2D eigenvalue weighted by molar-refractivity contribution is -0.119. The van der Waals surface area contributed by atoms with Crippen LogP contribution in [0.25, 0.3) is 0 Å². The van der Waals surface area contributed by atoms with E-state index in [9.17, 15) is 17.6 Å². The predicted octanol–water partition coefficient (Wildman–Crippen LogP) is 3.87. The summed E-state index contributed by atoms with van der Waals surface area (Å²) < 4.78 is 41.2. The fourth-order valence-corrected chi connectivity index (χ4v) is 5.05. The summed E-state index contributed by atoms with van der Waals surface area (Å²) in [5.74, 6) is -0.701. The first-order chi connectivity index (χ1) is 14.3. The highest BCUT2D eigenvalue weighted by Gasteiger charge is 2.36. The summed E-state index contributed by atoms with van der Waals surface area (Å²) in [5, 5.41) is 0. The van der Waals surface area contributed by atoms with Gasteiger partial charge in [0.15, 0.2) is 0 Å². The van der Waals surface area contributed by atoms with E-state index in [1.165, 1.54) is 27.4 Å². The Kier molecular flexibility index (Phi) is 5.40. The van der Waals surface area contributed by atoms with Crippen LogP contribution < -0.4 is 4.90 Å². The maximum absolute atomic E-state index is 13.4. The molecule has 7 heteroatoms. The summed E-state index contributed by atoms with van der Waals surface area (Å²) >= 11 is 0. The third kappa shape index (κ3) is 3.99. The molecule has 1 amide bonds. The van der Waals surface area contributed by atoms with Crippen LogP contribution in [0.3, 0.4) is 0 Å². The van der Waals surface area contributed by atoms with E-state index in [-0.39, 0.29) is 36.3 Å². The van der Waals surface area contributed by atoms with Crippen LogP contribution in [0, 0.1) is 12.7 Å². The Labute approximate surface area is 175 Å². The van der Waals surface area contributed by atoms with E-state index >= 15 is 0 Å². The van der Waals surface area contributed by atoms with Crippen molar-refractivity contribution < 1.29 is 17.6 Å². The topological polar surface area (TPSA) is 57.7 Å². The van der Waals surface area contributed by atoms with Crippen molar-refractivity contribution in [3.63, 3.8) is 0 Å². The molecule has 0 unspecified atom stereocenters. The maximum atomic E-state index is 13.4. The van der Waals surface area contributed by atoms with Gasteiger partial charge in [0.2, 0.25) is 15.9 Å². The van der Waals surface area contributed by atoms with Gasteiger partial charge in [-0.15, -0.1) is 0 Å². The van der Waals surface area contributed by atoms with Crippen LogP contribution in [0.2, 0.25) is 0 Å².